The lowest BCUT2D eigenvalue weighted by Crippen LogP contribution is -2.49. The molecule has 8 heteroatoms. The molecule has 2 aromatic carbocycles. The third kappa shape index (κ3) is 5.94. The smallest absolute Gasteiger partial charge is 0.287 e. The van der Waals surface area contributed by atoms with E-state index in [-0.39, 0.29) is 24.3 Å². The van der Waals surface area contributed by atoms with Crippen molar-refractivity contribution in [2.45, 2.75) is 44.7 Å². The fourth-order valence-electron chi connectivity index (χ4n) is 4.50. The Labute approximate surface area is 210 Å². The normalized spacial score (nSPS) is 14.1. The highest BCUT2D eigenvalue weighted by molar-refractivity contribution is 6.04. The molecule has 3 aromatic rings. The summed E-state index contributed by atoms with van der Waals surface area (Å²) < 4.78 is 11.0. The first-order chi connectivity index (χ1) is 17.6. The number of hydrogen-bond donors (Lipinski definition) is 2. The molecule has 0 aliphatic heterocycles. The Balaban J connectivity index is 1.70. The van der Waals surface area contributed by atoms with Crippen LogP contribution in [0.4, 0.5) is 5.69 Å². The molecule has 1 saturated carbocycles. The van der Waals surface area contributed by atoms with Gasteiger partial charge in [0, 0.05) is 17.3 Å². The zero-order chi connectivity index (χ0) is 25.3. The Morgan fingerprint density at radius 1 is 1.00 bits per heavy atom. The summed E-state index contributed by atoms with van der Waals surface area (Å²) in [6, 6.07) is 18.4. The Bertz CT molecular complexity index is 1160. The average Bonchev–Trinajstić information content (AvgIpc) is 3.62. The fraction of sp³-hybridized carbons (Fsp3) is 0.321. The average molecular weight is 490 g/mol. The van der Waals surface area contributed by atoms with Gasteiger partial charge in [0.1, 0.15) is 11.8 Å². The van der Waals surface area contributed by atoms with Crippen molar-refractivity contribution in [1.82, 2.24) is 10.6 Å². The Morgan fingerprint density at radius 3 is 2.42 bits per heavy atom. The largest absolute Gasteiger partial charge is 0.493 e. The molecule has 2 N–H and O–H groups in total. The molecule has 8 nitrogen and oxygen atoms in total. The van der Waals surface area contributed by atoms with Crippen LogP contribution >= 0.6 is 0 Å². The van der Waals surface area contributed by atoms with Crippen molar-refractivity contribution in [3.05, 3.63) is 84.3 Å². The SMILES string of the molecule is CCOc1ccccc1C(C(=O)NC1CCCC1)N(C(=O)CNC(=O)c1ccco1)c1ccccc1. The summed E-state index contributed by atoms with van der Waals surface area (Å²) >= 11 is 0. The topological polar surface area (TPSA) is 101 Å². The summed E-state index contributed by atoms with van der Waals surface area (Å²) in [5.74, 6) is -0.614. The van der Waals surface area contributed by atoms with Gasteiger partial charge in [-0.3, -0.25) is 19.3 Å². The predicted molar refractivity (Wildman–Crippen MR) is 136 cm³/mol. The molecule has 1 aliphatic rings. The molecule has 0 radical (unpaired) electrons. The van der Waals surface area contributed by atoms with Gasteiger partial charge in [-0.25, -0.2) is 0 Å². The number of amides is 3. The molecule has 1 fully saturated rings. The summed E-state index contributed by atoms with van der Waals surface area (Å²) in [5, 5.41) is 5.75. The lowest BCUT2D eigenvalue weighted by molar-refractivity contribution is -0.126. The van der Waals surface area contributed by atoms with Crippen molar-refractivity contribution in [3.8, 4) is 5.75 Å². The molecule has 4 rings (SSSR count). The van der Waals surface area contributed by atoms with Crippen LogP contribution in [0, 0.1) is 0 Å². The van der Waals surface area contributed by atoms with Crippen molar-refractivity contribution in [1.29, 1.82) is 0 Å². The van der Waals surface area contributed by atoms with Crippen LogP contribution in [0.1, 0.15) is 54.8 Å². The summed E-state index contributed by atoms with van der Waals surface area (Å²) in [5.41, 5.74) is 1.11. The van der Waals surface area contributed by atoms with E-state index in [2.05, 4.69) is 10.6 Å². The molecule has 1 aliphatic carbocycles. The van der Waals surface area contributed by atoms with Gasteiger partial charge in [-0.2, -0.15) is 0 Å². The second-order valence-electron chi connectivity index (χ2n) is 8.62. The van der Waals surface area contributed by atoms with Gasteiger partial charge >= 0.3 is 0 Å². The zero-order valence-corrected chi connectivity index (χ0v) is 20.3. The monoisotopic (exact) mass is 489 g/mol. The van der Waals surface area contributed by atoms with Gasteiger partial charge in [0.25, 0.3) is 5.91 Å². The number of furan rings is 1. The number of carbonyl (C=O) groups excluding carboxylic acids is 3. The molecule has 1 heterocycles. The molecule has 36 heavy (non-hydrogen) atoms. The molecule has 0 spiro atoms. The first-order valence-corrected chi connectivity index (χ1v) is 12.3. The van der Waals surface area contributed by atoms with Crippen LogP contribution in [-0.4, -0.2) is 36.9 Å². The highest BCUT2D eigenvalue weighted by Crippen LogP contribution is 2.34. The Morgan fingerprint density at radius 2 is 1.72 bits per heavy atom. The maximum Gasteiger partial charge on any atom is 0.287 e. The minimum atomic E-state index is -0.997. The van der Waals surface area contributed by atoms with Crippen LogP contribution < -0.4 is 20.3 Å². The molecule has 0 bridgehead atoms. The van der Waals surface area contributed by atoms with E-state index in [0.29, 0.717) is 23.6 Å². The quantitative estimate of drug-likeness (QED) is 0.444. The number of rotatable bonds is 10. The van der Waals surface area contributed by atoms with Crippen molar-refractivity contribution < 1.29 is 23.5 Å². The standard InChI is InChI=1S/C28H31N3O5/c1-2-35-23-16-9-8-15-22(23)26(28(34)30-20-11-6-7-12-20)31(21-13-4-3-5-14-21)25(32)19-29-27(33)24-17-10-18-36-24/h3-5,8-10,13-18,20,26H,2,6-7,11-12,19H2,1H3,(H,29,33)(H,30,34). The molecule has 3 amide bonds. The van der Waals surface area contributed by atoms with Gasteiger partial charge in [0.15, 0.2) is 5.76 Å². The van der Waals surface area contributed by atoms with E-state index in [1.807, 2.05) is 25.1 Å². The maximum atomic E-state index is 13.8. The zero-order valence-electron chi connectivity index (χ0n) is 20.3. The van der Waals surface area contributed by atoms with Crippen LogP contribution in [0.2, 0.25) is 0 Å². The van der Waals surface area contributed by atoms with E-state index in [0.717, 1.165) is 25.7 Å². The molecule has 188 valence electrons. The summed E-state index contributed by atoms with van der Waals surface area (Å²) in [7, 11) is 0. The summed E-state index contributed by atoms with van der Waals surface area (Å²) in [6.07, 6.45) is 5.33. The molecular weight excluding hydrogens is 458 g/mol. The molecular formula is C28H31N3O5. The van der Waals surface area contributed by atoms with Crippen molar-refractivity contribution in [2.24, 2.45) is 0 Å². The van der Waals surface area contributed by atoms with E-state index in [1.165, 1.54) is 17.2 Å². The highest BCUT2D eigenvalue weighted by atomic mass is 16.5. The number of benzene rings is 2. The van der Waals surface area contributed by atoms with Gasteiger partial charge in [0.2, 0.25) is 11.8 Å². The number of nitrogens with one attached hydrogen (secondary N) is 2. The van der Waals surface area contributed by atoms with Crippen LogP contribution in [-0.2, 0) is 9.59 Å². The van der Waals surface area contributed by atoms with Crippen molar-refractivity contribution >= 4 is 23.4 Å². The molecule has 1 aromatic heterocycles. The molecule has 1 unspecified atom stereocenters. The minimum Gasteiger partial charge on any atom is -0.493 e. The van der Waals surface area contributed by atoms with E-state index in [1.54, 1.807) is 42.5 Å². The summed E-state index contributed by atoms with van der Waals surface area (Å²) in [4.78, 5) is 41.4. The fourth-order valence-corrected chi connectivity index (χ4v) is 4.50. The van der Waals surface area contributed by atoms with Gasteiger partial charge in [-0.05, 0) is 50.1 Å². The summed E-state index contributed by atoms with van der Waals surface area (Å²) in [6.45, 7) is 1.96. The number of carbonyl (C=O) groups is 3. The van der Waals surface area contributed by atoms with Crippen molar-refractivity contribution in [3.63, 3.8) is 0 Å². The second kappa shape index (κ2) is 12.1. The number of nitrogens with zero attached hydrogens (tertiary/aromatic N) is 1. The van der Waals surface area contributed by atoms with Gasteiger partial charge < -0.3 is 19.8 Å². The van der Waals surface area contributed by atoms with E-state index >= 15 is 0 Å². The van der Waals surface area contributed by atoms with Crippen LogP contribution in [0.15, 0.2) is 77.4 Å². The minimum absolute atomic E-state index is 0.0608. The number of hydrogen-bond acceptors (Lipinski definition) is 5. The maximum absolute atomic E-state index is 13.8. The number of para-hydroxylation sites is 2. The van der Waals surface area contributed by atoms with Crippen LogP contribution in [0.3, 0.4) is 0 Å². The third-order valence-electron chi connectivity index (χ3n) is 6.17. The van der Waals surface area contributed by atoms with E-state index in [9.17, 15) is 14.4 Å². The molecule has 0 saturated heterocycles. The highest BCUT2D eigenvalue weighted by Gasteiger charge is 2.36. The lowest BCUT2D eigenvalue weighted by atomic mass is 10.0. The number of anilines is 1. The number of ether oxygens (including phenoxy) is 1. The van der Waals surface area contributed by atoms with Gasteiger partial charge in [0.05, 0.1) is 19.4 Å². The van der Waals surface area contributed by atoms with Crippen LogP contribution in [0.5, 0.6) is 5.75 Å². The second-order valence-corrected chi connectivity index (χ2v) is 8.62. The molecule has 1 atom stereocenters. The van der Waals surface area contributed by atoms with Gasteiger partial charge in [-0.1, -0.05) is 49.2 Å². The first kappa shape index (κ1) is 25.0. The predicted octanol–water partition coefficient (Wildman–Crippen LogP) is 4.24. The van der Waals surface area contributed by atoms with Crippen molar-refractivity contribution in [2.75, 3.05) is 18.1 Å². The lowest BCUT2D eigenvalue weighted by Gasteiger charge is -2.33. The van der Waals surface area contributed by atoms with Crippen LogP contribution in [0.25, 0.3) is 0 Å². The van der Waals surface area contributed by atoms with Gasteiger partial charge in [-0.15, -0.1) is 0 Å². The first-order valence-electron chi connectivity index (χ1n) is 12.3. The Hall–Kier alpha value is -4.07. The Kier molecular flexibility index (Phi) is 8.39. The van der Waals surface area contributed by atoms with E-state index in [4.69, 9.17) is 9.15 Å². The third-order valence-corrected chi connectivity index (χ3v) is 6.17. The van der Waals surface area contributed by atoms with E-state index < -0.39 is 17.9 Å².